The van der Waals surface area contributed by atoms with Crippen LogP contribution in [0.25, 0.3) is 11.1 Å². The predicted octanol–water partition coefficient (Wildman–Crippen LogP) is 2.73. The van der Waals surface area contributed by atoms with Crippen LogP contribution in [0.3, 0.4) is 0 Å². The van der Waals surface area contributed by atoms with Gasteiger partial charge in [-0.2, -0.15) is 0 Å². The van der Waals surface area contributed by atoms with Crippen LogP contribution in [0, 0.1) is 5.82 Å². The van der Waals surface area contributed by atoms with Crippen LogP contribution in [0.2, 0.25) is 0 Å². The monoisotopic (exact) mass is 448 g/mol. The van der Waals surface area contributed by atoms with E-state index in [1.807, 2.05) is 12.1 Å². The standard InChI is InChI=1S/C21H21FN2O6S/c1-21(20(26)23-27,19(25)17-11-18(30-24-17)31(2)28)29-12-13-3-5-14(6-4-13)15-7-9-16(22)10-8-15/h3-11,19,25,27H,12H2,1-2H3,(H,23,26)/t19-,21+,31?/m1/s1. The van der Waals surface area contributed by atoms with Gasteiger partial charge >= 0.3 is 0 Å². The third-order valence-corrected chi connectivity index (χ3v) is 5.57. The van der Waals surface area contributed by atoms with Gasteiger partial charge in [0.2, 0.25) is 5.09 Å². The Morgan fingerprint density at radius 1 is 1.23 bits per heavy atom. The van der Waals surface area contributed by atoms with Crippen LogP contribution >= 0.6 is 0 Å². The number of halogens is 1. The molecular formula is C21H21FN2O6S. The van der Waals surface area contributed by atoms with Crippen LogP contribution in [-0.4, -0.2) is 37.4 Å². The van der Waals surface area contributed by atoms with Crippen molar-refractivity contribution in [2.45, 2.75) is 30.3 Å². The van der Waals surface area contributed by atoms with E-state index in [2.05, 4.69) is 5.16 Å². The summed E-state index contributed by atoms with van der Waals surface area (Å²) in [5.74, 6) is -1.32. The third kappa shape index (κ3) is 5.05. The number of rotatable bonds is 8. The molecular weight excluding hydrogens is 427 g/mol. The van der Waals surface area contributed by atoms with Gasteiger partial charge in [-0.05, 0) is 35.7 Å². The minimum atomic E-state index is -1.92. The lowest BCUT2D eigenvalue weighted by molar-refractivity contribution is -0.174. The molecule has 0 aliphatic carbocycles. The summed E-state index contributed by atoms with van der Waals surface area (Å²) in [5, 5.41) is 23.5. The topological polar surface area (TPSA) is 122 Å². The summed E-state index contributed by atoms with van der Waals surface area (Å²) in [4.78, 5) is 12.3. The van der Waals surface area contributed by atoms with Gasteiger partial charge in [-0.25, -0.2) is 9.87 Å². The summed E-state index contributed by atoms with van der Waals surface area (Å²) in [5.41, 5.74) is 1.88. The lowest BCUT2D eigenvalue weighted by Crippen LogP contribution is -2.50. The molecule has 10 heteroatoms. The zero-order chi connectivity index (χ0) is 22.6. The molecule has 0 radical (unpaired) electrons. The molecule has 164 valence electrons. The molecule has 1 aromatic heterocycles. The number of aliphatic hydroxyl groups excluding tert-OH is 1. The summed E-state index contributed by atoms with van der Waals surface area (Å²) >= 11 is 0. The maximum Gasteiger partial charge on any atom is 0.278 e. The number of benzene rings is 2. The van der Waals surface area contributed by atoms with E-state index in [0.717, 1.165) is 11.1 Å². The number of ether oxygens (including phenoxy) is 1. The van der Waals surface area contributed by atoms with Crippen LogP contribution in [0.1, 0.15) is 24.3 Å². The maximum absolute atomic E-state index is 13.1. The maximum atomic E-state index is 13.1. The van der Waals surface area contributed by atoms with Crippen LogP contribution in [0.5, 0.6) is 0 Å². The average molecular weight is 448 g/mol. The van der Waals surface area contributed by atoms with E-state index in [4.69, 9.17) is 14.5 Å². The molecule has 3 rings (SSSR count). The Labute approximate surface area is 180 Å². The van der Waals surface area contributed by atoms with Gasteiger partial charge in [-0.15, -0.1) is 0 Å². The lowest BCUT2D eigenvalue weighted by Gasteiger charge is -2.31. The smallest absolute Gasteiger partial charge is 0.278 e. The molecule has 0 fully saturated rings. The molecule has 1 unspecified atom stereocenters. The first-order valence-corrected chi connectivity index (χ1v) is 10.7. The minimum Gasteiger partial charge on any atom is -0.383 e. The van der Waals surface area contributed by atoms with Crippen molar-refractivity contribution in [2.24, 2.45) is 0 Å². The van der Waals surface area contributed by atoms with Gasteiger partial charge in [0, 0.05) is 12.3 Å². The summed E-state index contributed by atoms with van der Waals surface area (Å²) in [6.07, 6.45) is -0.234. The van der Waals surface area contributed by atoms with Crippen LogP contribution in [0.15, 0.2) is 64.2 Å². The Morgan fingerprint density at radius 3 is 2.32 bits per heavy atom. The summed E-state index contributed by atoms with van der Waals surface area (Å²) in [6.45, 7) is 1.21. The van der Waals surface area contributed by atoms with E-state index < -0.39 is 28.4 Å². The molecule has 3 aromatic rings. The van der Waals surface area contributed by atoms with E-state index in [1.165, 1.54) is 36.9 Å². The van der Waals surface area contributed by atoms with E-state index in [9.17, 15) is 18.5 Å². The average Bonchev–Trinajstić information content (AvgIpc) is 3.28. The fraction of sp³-hybridized carbons (Fsp3) is 0.238. The zero-order valence-corrected chi connectivity index (χ0v) is 17.6. The second kappa shape index (κ2) is 9.48. The van der Waals surface area contributed by atoms with Crippen molar-refractivity contribution in [3.05, 3.63) is 71.7 Å². The molecule has 0 spiro atoms. The number of aromatic nitrogens is 1. The second-order valence-electron chi connectivity index (χ2n) is 6.97. The van der Waals surface area contributed by atoms with E-state index in [1.54, 1.807) is 24.3 Å². The van der Waals surface area contributed by atoms with Crippen molar-refractivity contribution in [1.29, 1.82) is 0 Å². The minimum absolute atomic E-state index is 0.0252. The second-order valence-corrected chi connectivity index (χ2v) is 8.28. The highest BCUT2D eigenvalue weighted by molar-refractivity contribution is 7.84. The molecule has 2 aromatic carbocycles. The number of nitrogens with zero attached hydrogens (tertiary/aromatic N) is 1. The highest BCUT2D eigenvalue weighted by Crippen LogP contribution is 2.31. The fourth-order valence-corrected chi connectivity index (χ4v) is 3.30. The molecule has 0 saturated carbocycles. The van der Waals surface area contributed by atoms with Crippen molar-refractivity contribution >= 4 is 16.7 Å². The predicted molar refractivity (Wildman–Crippen MR) is 109 cm³/mol. The molecule has 31 heavy (non-hydrogen) atoms. The molecule has 1 amide bonds. The first-order chi connectivity index (χ1) is 14.7. The van der Waals surface area contributed by atoms with E-state index in [0.29, 0.717) is 5.56 Å². The molecule has 0 aliphatic rings. The number of carbonyl (C=O) groups excluding carboxylic acids is 1. The first kappa shape index (κ1) is 22.8. The molecule has 0 saturated heterocycles. The largest absolute Gasteiger partial charge is 0.383 e. The van der Waals surface area contributed by atoms with Gasteiger partial charge in [0.15, 0.2) is 5.60 Å². The number of aliphatic hydroxyl groups is 1. The highest BCUT2D eigenvalue weighted by atomic mass is 32.2. The van der Waals surface area contributed by atoms with Gasteiger partial charge in [0.25, 0.3) is 5.91 Å². The fourth-order valence-electron chi connectivity index (χ4n) is 2.87. The van der Waals surface area contributed by atoms with Gasteiger partial charge in [-0.3, -0.25) is 14.2 Å². The van der Waals surface area contributed by atoms with Crippen LogP contribution < -0.4 is 5.48 Å². The highest BCUT2D eigenvalue weighted by Gasteiger charge is 2.44. The Hall–Kier alpha value is -2.92. The van der Waals surface area contributed by atoms with Crippen LogP contribution in [-0.2, 0) is 26.9 Å². The number of carbonyl (C=O) groups is 1. The molecule has 3 atom stereocenters. The normalized spacial score (nSPS) is 15.1. The SMILES string of the molecule is CS(=O)c1cc([C@@H](O)[C@](C)(OCc2ccc(-c3ccc(F)cc3)cc2)C(=O)NO)no1. The first-order valence-electron chi connectivity index (χ1n) is 9.16. The number of amides is 1. The quantitative estimate of drug-likeness (QED) is 0.358. The van der Waals surface area contributed by atoms with Gasteiger partial charge in [0.05, 0.1) is 17.4 Å². The van der Waals surface area contributed by atoms with Crippen LogP contribution in [0.4, 0.5) is 4.39 Å². The summed E-state index contributed by atoms with van der Waals surface area (Å²) in [7, 11) is -1.47. The Balaban J connectivity index is 1.77. The van der Waals surface area contributed by atoms with Crippen molar-refractivity contribution in [2.75, 3.05) is 6.26 Å². The van der Waals surface area contributed by atoms with Crippen molar-refractivity contribution in [3.8, 4) is 11.1 Å². The van der Waals surface area contributed by atoms with Gasteiger partial charge in [-0.1, -0.05) is 41.6 Å². The van der Waals surface area contributed by atoms with E-state index >= 15 is 0 Å². The molecule has 3 N–H and O–H groups in total. The van der Waals surface area contributed by atoms with Crippen molar-refractivity contribution < 1.29 is 33.0 Å². The lowest BCUT2D eigenvalue weighted by atomic mass is 9.95. The Morgan fingerprint density at radius 2 is 1.81 bits per heavy atom. The molecule has 0 bridgehead atoms. The number of hydrogen-bond donors (Lipinski definition) is 3. The van der Waals surface area contributed by atoms with Gasteiger partial charge < -0.3 is 14.4 Å². The number of hydrogen-bond acceptors (Lipinski definition) is 7. The van der Waals surface area contributed by atoms with Crippen molar-refractivity contribution in [1.82, 2.24) is 10.6 Å². The molecule has 1 heterocycles. The zero-order valence-electron chi connectivity index (χ0n) is 16.7. The third-order valence-electron chi connectivity index (χ3n) is 4.81. The Kier molecular flexibility index (Phi) is 6.96. The molecule has 0 aliphatic heterocycles. The molecule has 8 nitrogen and oxygen atoms in total. The van der Waals surface area contributed by atoms with E-state index in [-0.39, 0.29) is 23.2 Å². The van der Waals surface area contributed by atoms with Gasteiger partial charge in [0.1, 0.15) is 17.6 Å². The summed E-state index contributed by atoms with van der Waals surface area (Å²) in [6, 6.07) is 14.5. The summed E-state index contributed by atoms with van der Waals surface area (Å²) < 4.78 is 35.2. The number of hydroxylamine groups is 1. The number of nitrogens with one attached hydrogen (secondary N) is 1. The Bertz CT molecular complexity index is 1070. The van der Waals surface area contributed by atoms with Crippen molar-refractivity contribution in [3.63, 3.8) is 0 Å².